The lowest BCUT2D eigenvalue weighted by Crippen LogP contribution is -2.26. The van der Waals surface area contributed by atoms with Crippen LogP contribution in [0.5, 0.6) is 0 Å². The van der Waals surface area contributed by atoms with Gasteiger partial charge >= 0.3 is 0 Å². The van der Waals surface area contributed by atoms with Gasteiger partial charge in [-0.3, -0.25) is 0 Å². The Labute approximate surface area is 207 Å². The van der Waals surface area contributed by atoms with Crippen LogP contribution in [0.2, 0.25) is 0 Å². The third-order valence-corrected chi connectivity index (χ3v) is 7.51. The van der Waals surface area contributed by atoms with Gasteiger partial charge in [0.2, 0.25) is 0 Å². The summed E-state index contributed by atoms with van der Waals surface area (Å²) in [5, 5.41) is 5.86. The van der Waals surface area contributed by atoms with E-state index in [0.29, 0.717) is 0 Å². The van der Waals surface area contributed by atoms with E-state index in [1.165, 1.54) is 43.7 Å². The first kappa shape index (κ1) is 23.7. The Bertz CT molecular complexity index is 1270. The van der Waals surface area contributed by atoms with Crippen molar-refractivity contribution in [2.75, 3.05) is 25.5 Å². The van der Waals surface area contributed by atoms with Crippen LogP contribution < -0.4 is 10.2 Å². The van der Waals surface area contributed by atoms with E-state index >= 15 is 0 Å². The van der Waals surface area contributed by atoms with Gasteiger partial charge in [-0.05, 0) is 73.5 Å². The summed E-state index contributed by atoms with van der Waals surface area (Å²) in [6, 6.07) is 13.3. The van der Waals surface area contributed by atoms with Crippen molar-refractivity contribution in [3.05, 3.63) is 65.9 Å². The van der Waals surface area contributed by atoms with Crippen molar-refractivity contribution >= 4 is 27.6 Å². The van der Waals surface area contributed by atoms with Crippen LogP contribution in [0.3, 0.4) is 0 Å². The summed E-state index contributed by atoms with van der Waals surface area (Å²) in [4.78, 5) is 14.9. The maximum Gasteiger partial charge on any atom is 0.139 e. The van der Waals surface area contributed by atoms with Crippen molar-refractivity contribution in [3.8, 4) is 0 Å². The predicted octanol–water partition coefficient (Wildman–Crippen LogP) is 6.24. The Kier molecular flexibility index (Phi) is 7.28. The topological polar surface area (TPSA) is 56.8 Å². The number of fused-ring (bicyclic) bond motifs is 2. The Balaban J connectivity index is 1.05. The van der Waals surface area contributed by atoms with Gasteiger partial charge in [0.1, 0.15) is 17.5 Å². The molecule has 0 bridgehead atoms. The number of nitrogens with zero attached hydrogens (tertiary/aromatic N) is 3. The minimum Gasteiger partial charge on any atom is -0.362 e. The Morgan fingerprint density at radius 2 is 1.80 bits per heavy atom. The smallest absolute Gasteiger partial charge is 0.139 e. The molecule has 4 aromatic rings. The first-order valence-electron chi connectivity index (χ1n) is 13.0. The number of H-pyrrole nitrogens is 1. The molecule has 0 spiro atoms. The van der Waals surface area contributed by atoms with E-state index in [1.807, 2.05) is 32.4 Å². The van der Waals surface area contributed by atoms with E-state index in [4.69, 9.17) is 9.97 Å². The van der Waals surface area contributed by atoms with Crippen molar-refractivity contribution in [3.63, 3.8) is 0 Å². The maximum absolute atomic E-state index is 13.4. The Morgan fingerprint density at radius 1 is 1.00 bits per heavy atom. The fraction of sp³-hybridized carbons (Fsp3) is 0.448. The average molecular weight is 474 g/mol. The highest BCUT2D eigenvalue weighted by atomic mass is 19.1. The molecule has 2 N–H and O–H groups in total. The van der Waals surface area contributed by atoms with Crippen LogP contribution >= 0.6 is 0 Å². The molecule has 1 saturated carbocycles. The molecule has 0 atom stereocenters. The molecule has 5 nitrogen and oxygen atoms in total. The van der Waals surface area contributed by atoms with Gasteiger partial charge in [0, 0.05) is 49.5 Å². The van der Waals surface area contributed by atoms with Crippen molar-refractivity contribution in [2.45, 2.75) is 51.5 Å². The highest BCUT2D eigenvalue weighted by Gasteiger charge is 2.21. The van der Waals surface area contributed by atoms with Crippen LogP contribution in [0, 0.1) is 17.7 Å². The number of nitrogens with one attached hydrogen (secondary N) is 2. The highest BCUT2D eigenvalue weighted by Crippen LogP contribution is 2.32. The molecule has 2 aromatic heterocycles. The third-order valence-electron chi connectivity index (χ3n) is 7.51. The van der Waals surface area contributed by atoms with Crippen LogP contribution in [0.15, 0.2) is 48.7 Å². The number of aryl methyl sites for hydroxylation is 1. The fourth-order valence-corrected chi connectivity index (χ4v) is 5.55. The Morgan fingerprint density at radius 3 is 2.63 bits per heavy atom. The van der Waals surface area contributed by atoms with Gasteiger partial charge in [-0.15, -0.1) is 0 Å². The van der Waals surface area contributed by atoms with Crippen molar-refractivity contribution in [1.29, 1.82) is 0 Å². The van der Waals surface area contributed by atoms with E-state index in [-0.39, 0.29) is 5.82 Å². The first-order valence-corrected chi connectivity index (χ1v) is 13.0. The molecule has 35 heavy (non-hydrogen) atoms. The molecule has 0 amide bonds. The number of hydrogen-bond acceptors (Lipinski definition) is 4. The van der Waals surface area contributed by atoms with Gasteiger partial charge < -0.3 is 15.2 Å². The monoisotopic (exact) mass is 473 g/mol. The molecule has 0 saturated heterocycles. The zero-order chi connectivity index (χ0) is 24.2. The van der Waals surface area contributed by atoms with E-state index in [9.17, 15) is 4.39 Å². The normalized spacial score (nSPS) is 18.4. The number of halogens is 1. The van der Waals surface area contributed by atoms with Crippen LogP contribution in [-0.2, 0) is 13.0 Å². The van der Waals surface area contributed by atoms with Crippen LogP contribution in [0.4, 0.5) is 10.2 Å². The minimum atomic E-state index is -0.196. The maximum atomic E-state index is 13.4. The number of benzene rings is 2. The van der Waals surface area contributed by atoms with Crippen LogP contribution in [0.1, 0.15) is 49.9 Å². The van der Waals surface area contributed by atoms with Gasteiger partial charge in [0.25, 0.3) is 0 Å². The molecule has 0 radical (unpaired) electrons. The molecule has 5 rings (SSSR count). The molecular weight excluding hydrogens is 437 g/mol. The van der Waals surface area contributed by atoms with E-state index in [0.717, 1.165) is 71.2 Å². The SMILES string of the molecule is CN(C)c1nc(CCCC2CCC(CNCc3c[nH]c4cc(F)ccc34)CC2)nc2ccccc12. The molecule has 2 heterocycles. The lowest BCUT2D eigenvalue weighted by atomic mass is 9.80. The summed E-state index contributed by atoms with van der Waals surface area (Å²) >= 11 is 0. The molecule has 0 unspecified atom stereocenters. The highest BCUT2D eigenvalue weighted by molar-refractivity contribution is 5.89. The molecule has 184 valence electrons. The fourth-order valence-electron chi connectivity index (χ4n) is 5.55. The number of aromatic amines is 1. The number of aromatic nitrogens is 3. The zero-order valence-corrected chi connectivity index (χ0v) is 20.9. The number of para-hydroxylation sites is 1. The van der Waals surface area contributed by atoms with Gasteiger partial charge in [-0.1, -0.05) is 31.4 Å². The van der Waals surface area contributed by atoms with Crippen molar-refractivity contribution in [2.24, 2.45) is 11.8 Å². The second-order valence-electron chi connectivity index (χ2n) is 10.3. The number of rotatable bonds is 9. The standard InChI is InChI=1S/C29H36FN5/c1-35(2)29-25-7-3-4-8-26(25)33-28(34-29)9-5-6-20-10-12-21(13-11-20)17-31-18-22-19-32-27-16-23(30)14-15-24(22)27/h3-4,7-8,14-16,19-21,31-32H,5-6,9-13,17-18H2,1-2H3. The van der Waals surface area contributed by atoms with Gasteiger partial charge in [0.05, 0.1) is 5.52 Å². The average Bonchev–Trinajstić information content (AvgIpc) is 3.26. The van der Waals surface area contributed by atoms with E-state index in [1.54, 1.807) is 6.07 Å². The number of anilines is 1. The first-order chi connectivity index (χ1) is 17.1. The van der Waals surface area contributed by atoms with Gasteiger partial charge in [0.15, 0.2) is 0 Å². The zero-order valence-electron chi connectivity index (χ0n) is 20.9. The van der Waals surface area contributed by atoms with E-state index in [2.05, 4.69) is 33.4 Å². The Hall–Kier alpha value is -2.99. The molecule has 2 aromatic carbocycles. The van der Waals surface area contributed by atoms with Crippen molar-refractivity contribution in [1.82, 2.24) is 20.3 Å². The van der Waals surface area contributed by atoms with Crippen LogP contribution in [0.25, 0.3) is 21.8 Å². The lowest BCUT2D eigenvalue weighted by molar-refractivity contribution is 0.254. The summed E-state index contributed by atoms with van der Waals surface area (Å²) in [7, 11) is 4.10. The summed E-state index contributed by atoms with van der Waals surface area (Å²) in [5.74, 6) is 3.35. The lowest BCUT2D eigenvalue weighted by Gasteiger charge is -2.28. The quantitative estimate of drug-likeness (QED) is 0.302. The third kappa shape index (κ3) is 5.64. The summed E-state index contributed by atoms with van der Waals surface area (Å²) in [6.07, 6.45) is 10.6. The number of hydrogen-bond donors (Lipinski definition) is 2. The molecule has 1 aliphatic carbocycles. The van der Waals surface area contributed by atoms with E-state index < -0.39 is 0 Å². The summed E-state index contributed by atoms with van der Waals surface area (Å²) in [5.41, 5.74) is 3.12. The summed E-state index contributed by atoms with van der Waals surface area (Å²) in [6.45, 7) is 1.88. The van der Waals surface area contributed by atoms with Crippen molar-refractivity contribution < 1.29 is 4.39 Å². The molecular formula is C29H36FN5. The largest absolute Gasteiger partial charge is 0.362 e. The molecule has 6 heteroatoms. The second kappa shape index (κ2) is 10.7. The molecule has 0 aliphatic heterocycles. The predicted molar refractivity (Wildman–Crippen MR) is 142 cm³/mol. The second-order valence-corrected chi connectivity index (χ2v) is 10.3. The molecule has 1 aliphatic rings. The van der Waals surface area contributed by atoms with Gasteiger partial charge in [-0.25, -0.2) is 14.4 Å². The molecule has 1 fully saturated rings. The summed E-state index contributed by atoms with van der Waals surface area (Å²) < 4.78 is 13.4. The minimum absolute atomic E-state index is 0.196. The van der Waals surface area contributed by atoms with Gasteiger partial charge in [-0.2, -0.15) is 0 Å². The van der Waals surface area contributed by atoms with Crippen LogP contribution in [-0.4, -0.2) is 35.6 Å².